The molecule has 0 radical (unpaired) electrons. The van der Waals surface area contributed by atoms with E-state index in [0.717, 1.165) is 5.56 Å². The summed E-state index contributed by atoms with van der Waals surface area (Å²) in [4.78, 5) is 12.2. The Labute approximate surface area is 130 Å². The van der Waals surface area contributed by atoms with Crippen molar-refractivity contribution in [3.05, 3.63) is 48.0 Å². The van der Waals surface area contributed by atoms with Gasteiger partial charge in [0.25, 0.3) is 0 Å². The molecule has 0 saturated heterocycles. The highest BCUT2D eigenvalue weighted by Crippen LogP contribution is 2.36. The minimum Gasteiger partial charge on any atom is -0.413 e. The van der Waals surface area contributed by atoms with Gasteiger partial charge in [0.1, 0.15) is 0 Å². The second-order valence-corrected chi connectivity index (χ2v) is 11.8. The highest BCUT2D eigenvalue weighted by molar-refractivity contribution is 6.74. The highest BCUT2D eigenvalue weighted by Gasteiger charge is 2.36. The lowest BCUT2D eigenvalue weighted by atomic mass is 9.99. The van der Waals surface area contributed by atoms with E-state index in [9.17, 15) is 4.79 Å². The molecule has 1 rings (SSSR count). The Bertz CT molecular complexity index is 484. The van der Waals surface area contributed by atoms with Crippen LogP contribution in [0.2, 0.25) is 18.1 Å². The Kier molecular flexibility index (Phi) is 6.11. The fourth-order valence-electron chi connectivity index (χ4n) is 1.69. The van der Waals surface area contributed by atoms with E-state index in [4.69, 9.17) is 4.43 Å². The molecule has 1 aromatic carbocycles. The number of carbonyl (C=O) groups is 1. The summed E-state index contributed by atoms with van der Waals surface area (Å²) in [6.07, 6.45) is 3.93. The number of hydrogen-bond acceptors (Lipinski definition) is 2. The van der Waals surface area contributed by atoms with Gasteiger partial charge in [0.2, 0.25) is 0 Å². The average molecular weight is 305 g/mol. The number of rotatable bonds is 6. The third-order valence-corrected chi connectivity index (χ3v) is 8.74. The Morgan fingerprint density at radius 1 is 1.24 bits per heavy atom. The van der Waals surface area contributed by atoms with E-state index in [0.29, 0.717) is 6.61 Å². The minimum atomic E-state index is -1.70. The van der Waals surface area contributed by atoms with Crippen molar-refractivity contribution in [2.24, 2.45) is 5.92 Å². The summed E-state index contributed by atoms with van der Waals surface area (Å²) in [6, 6.07) is 9.43. The van der Waals surface area contributed by atoms with Gasteiger partial charge in [-0.2, -0.15) is 0 Å². The van der Waals surface area contributed by atoms with Crippen LogP contribution in [0.25, 0.3) is 0 Å². The summed E-state index contributed by atoms with van der Waals surface area (Å²) in [5.41, 5.74) is 0.764. The fourth-order valence-corrected chi connectivity index (χ4v) is 2.63. The summed E-state index contributed by atoms with van der Waals surface area (Å²) in [5.74, 6) is 0.0367. The van der Waals surface area contributed by atoms with Crippen LogP contribution in [0.5, 0.6) is 0 Å². The molecule has 0 N–H and O–H groups in total. The zero-order chi connectivity index (χ0) is 16.1. The van der Waals surface area contributed by atoms with Gasteiger partial charge in [0.15, 0.2) is 14.1 Å². The van der Waals surface area contributed by atoms with Crippen LogP contribution in [0.4, 0.5) is 0 Å². The molecule has 0 heterocycles. The van der Waals surface area contributed by atoms with Gasteiger partial charge in [0.05, 0.1) is 6.61 Å². The molecular formula is C18H28O2Si. The van der Waals surface area contributed by atoms with E-state index in [1.807, 2.05) is 49.4 Å². The van der Waals surface area contributed by atoms with E-state index in [2.05, 4.69) is 33.9 Å². The van der Waals surface area contributed by atoms with Crippen molar-refractivity contribution in [3.8, 4) is 0 Å². The van der Waals surface area contributed by atoms with Crippen molar-refractivity contribution in [2.75, 3.05) is 6.61 Å². The zero-order valence-corrected chi connectivity index (χ0v) is 15.1. The molecular weight excluding hydrogens is 276 g/mol. The maximum atomic E-state index is 12.2. The Balaban J connectivity index is 2.53. The summed E-state index contributed by atoms with van der Waals surface area (Å²) in [7, 11) is -1.70. The lowest BCUT2D eigenvalue weighted by molar-refractivity contribution is 0.0953. The van der Waals surface area contributed by atoms with E-state index in [1.165, 1.54) is 0 Å². The Hall–Kier alpha value is -1.19. The van der Waals surface area contributed by atoms with Crippen LogP contribution >= 0.6 is 0 Å². The van der Waals surface area contributed by atoms with Gasteiger partial charge >= 0.3 is 0 Å². The topological polar surface area (TPSA) is 26.3 Å². The molecule has 2 nitrogen and oxygen atoms in total. The predicted octanol–water partition coefficient (Wildman–Crippen LogP) is 5.08. The lowest BCUT2D eigenvalue weighted by Gasteiger charge is -2.35. The second kappa shape index (κ2) is 7.19. The molecule has 1 aromatic rings. The smallest absolute Gasteiger partial charge is 0.192 e. The van der Waals surface area contributed by atoms with Gasteiger partial charge in [-0.1, -0.05) is 70.2 Å². The molecule has 0 fully saturated rings. The monoisotopic (exact) mass is 304 g/mol. The summed E-state index contributed by atoms with van der Waals surface area (Å²) >= 11 is 0. The van der Waals surface area contributed by atoms with E-state index >= 15 is 0 Å². The van der Waals surface area contributed by atoms with E-state index in [1.54, 1.807) is 0 Å². The number of allylic oxidation sites excluding steroid dienone is 1. The van der Waals surface area contributed by atoms with Gasteiger partial charge in [-0.05, 0) is 18.1 Å². The fraction of sp³-hybridized carbons (Fsp3) is 0.500. The summed E-state index contributed by atoms with van der Waals surface area (Å²) in [6.45, 7) is 13.7. The van der Waals surface area contributed by atoms with Crippen LogP contribution in [0.15, 0.2) is 42.5 Å². The van der Waals surface area contributed by atoms with Crippen LogP contribution in [0.1, 0.15) is 38.1 Å². The Morgan fingerprint density at radius 3 is 2.33 bits per heavy atom. The molecule has 0 amide bonds. The number of benzene rings is 1. The minimum absolute atomic E-state index is 0.115. The Morgan fingerprint density at radius 2 is 1.81 bits per heavy atom. The van der Waals surface area contributed by atoms with Crippen molar-refractivity contribution in [2.45, 2.75) is 45.8 Å². The van der Waals surface area contributed by atoms with Gasteiger partial charge in [0, 0.05) is 11.5 Å². The number of hydrogen-bond donors (Lipinski definition) is 0. The number of ketones is 1. The first-order valence-electron chi connectivity index (χ1n) is 7.55. The van der Waals surface area contributed by atoms with Crippen molar-refractivity contribution in [1.29, 1.82) is 0 Å². The van der Waals surface area contributed by atoms with Crippen molar-refractivity contribution < 1.29 is 9.22 Å². The molecule has 0 aliphatic carbocycles. The van der Waals surface area contributed by atoms with Gasteiger partial charge in [-0.3, -0.25) is 4.79 Å². The van der Waals surface area contributed by atoms with Crippen LogP contribution in [-0.2, 0) is 4.43 Å². The molecule has 0 aromatic heterocycles. The standard InChI is InChI=1S/C18H28O2Si/c1-15(17(19)16-12-8-7-9-13-16)11-10-14-20-21(5,6)18(2,3)4/h7-13,15H,14H2,1-6H3/b11-10+/t15-/m1/s1. The first-order valence-corrected chi connectivity index (χ1v) is 10.5. The predicted molar refractivity (Wildman–Crippen MR) is 92.2 cm³/mol. The normalized spacial score (nSPS) is 14.4. The van der Waals surface area contributed by atoms with Gasteiger partial charge in [-0.15, -0.1) is 0 Å². The maximum absolute atomic E-state index is 12.2. The maximum Gasteiger partial charge on any atom is 0.192 e. The second-order valence-electron chi connectivity index (χ2n) is 7.02. The quantitative estimate of drug-likeness (QED) is 0.416. The molecule has 0 unspecified atom stereocenters. The SMILES string of the molecule is C[C@H](/C=C/CO[Si](C)(C)C(C)(C)C)C(=O)c1ccccc1. The van der Waals surface area contributed by atoms with Crippen LogP contribution in [0.3, 0.4) is 0 Å². The largest absolute Gasteiger partial charge is 0.413 e. The van der Waals surface area contributed by atoms with Crippen LogP contribution in [0, 0.1) is 5.92 Å². The summed E-state index contributed by atoms with van der Waals surface area (Å²) in [5, 5.41) is 0.215. The van der Waals surface area contributed by atoms with E-state index < -0.39 is 8.32 Å². The first kappa shape index (κ1) is 17.9. The molecule has 3 heteroatoms. The van der Waals surface area contributed by atoms with Gasteiger partial charge < -0.3 is 4.43 Å². The number of carbonyl (C=O) groups excluding carboxylic acids is 1. The van der Waals surface area contributed by atoms with Crippen molar-refractivity contribution >= 4 is 14.1 Å². The summed E-state index contributed by atoms with van der Waals surface area (Å²) < 4.78 is 6.07. The molecule has 21 heavy (non-hydrogen) atoms. The lowest BCUT2D eigenvalue weighted by Crippen LogP contribution is -2.40. The van der Waals surface area contributed by atoms with Crippen molar-refractivity contribution in [1.82, 2.24) is 0 Å². The van der Waals surface area contributed by atoms with Gasteiger partial charge in [-0.25, -0.2) is 0 Å². The van der Waals surface area contributed by atoms with E-state index in [-0.39, 0.29) is 16.7 Å². The zero-order valence-electron chi connectivity index (χ0n) is 14.1. The molecule has 0 aliphatic rings. The molecule has 1 atom stereocenters. The third kappa shape index (κ3) is 5.25. The molecule has 0 bridgehead atoms. The first-order chi connectivity index (χ1) is 9.65. The molecule has 0 spiro atoms. The average Bonchev–Trinajstić information content (AvgIpc) is 2.42. The molecule has 0 saturated carbocycles. The molecule has 0 aliphatic heterocycles. The highest BCUT2D eigenvalue weighted by atomic mass is 28.4. The number of Topliss-reactive ketones (excluding diaryl/α,β-unsaturated/α-hetero) is 1. The molecule has 116 valence electrons. The van der Waals surface area contributed by atoms with Crippen LogP contribution in [-0.4, -0.2) is 20.7 Å². The van der Waals surface area contributed by atoms with Crippen LogP contribution < -0.4 is 0 Å². The van der Waals surface area contributed by atoms with Crippen molar-refractivity contribution in [3.63, 3.8) is 0 Å². The third-order valence-electron chi connectivity index (χ3n) is 4.24.